The van der Waals surface area contributed by atoms with E-state index in [9.17, 15) is 4.79 Å². The molecule has 28 heavy (non-hydrogen) atoms. The average molecular weight is 377 g/mol. The van der Waals surface area contributed by atoms with Crippen molar-refractivity contribution in [3.05, 3.63) is 66.4 Å². The third kappa shape index (κ3) is 3.88. The van der Waals surface area contributed by atoms with E-state index in [4.69, 9.17) is 4.74 Å². The summed E-state index contributed by atoms with van der Waals surface area (Å²) in [7, 11) is 1.55. The Morgan fingerprint density at radius 2 is 1.96 bits per heavy atom. The third-order valence-electron chi connectivity index (χ3n) is 5.22. The average Bonchev–Trinajstić information content (AvgIpc) is 3.22. The first-order chi connectivity index (χ1) is 13.7. The standard InChI is InChI=1S/C21H23N5O2/c1-28-20-14-17(7-10-22-20)21(27)25-11-8-16(9-12-25)13-19-24-23-15-26(19)18-5-3-2-4-6-18/h2-7,10,14-16H,8-9,11-13H2,1H3. The molecule has 0 aliphatic carbocycles. The van der Waals surface area contributed by atoms with E-state index in [1.807, 2.05) is 27.7 Å². The summed E-state index contributed by atoms with van der Waals surface area (Å²) in [4.78, 5) is 18.7. The number of pyridine rings is 1. The predicted octanol–water partition coefficient (Wildman–Crippen LogP) is 2.77. The van der Waals surface area contributed by atoms with Crippen molar-refractivity contribution in [2.24, 2.45) is 5.92 Å². The second-order valence-electron chi connectivity index (χ2n) is 6.98. The fraction of sp³-hybridized carbons (Fsp3) is 0.333. The number of para-hydroxylation sites is 1. The van der Waals surface area contributed by atoms with Gasteiger partial charge in [0.2, 0.25) is 5.88 Å². The predicted molar refractivity (Wildman–Crippen MR) is 104 cm³/mol. The molecule has 7 heteroatoms. The van der Waals surface area contributed by atoms with Gasteiger partial charge < -0.3 is 9.64 Å². The highest BCUT2D eigenvalue weighted by atomic mass is 16.5. The lowest BCUT2D eigenvalue weighted by molar-refractivity contribution is 0.0689. The largest absolute Gasteiger partial charge is 0.481 e. The van der Waals surface area contributed by atoms with Gasteiger partial charge in [-0.3, -0.25) is 9.36 Å². The van der Waals surface area contributed by atoms with E-state index in [0.29, 0.717) is 17.4 Å². The van der Waals surface area contributed by atoms with Crippen LogP contribution in [0.25, 0.3) is 5.69 Å². The number of ether oxygens (including phenoxy) is 1. The monoisotopic (exact) mass is 377 g/mol. The number of likely N-dealkylation sites (tertiary alicyclic amines) is 1. The molecule has 0 atom stereocenters. The summed E-state index contributed by atoms with van der Waals surface area (Å²) in [5.74, 6) is 1.95. The van der Waals surface area contributed by atoms with Crippen molar-refractivity contribution in [1.29, 1.82) is 0 Å². The molecular formula is C21H23N5O2. The smallest absolute Gasteiger partial charge is 0.254 e. The summed E-state index contributed by atoms with van der Waals surface area (Å²) in [5, 5.41) is 8.41. The fourth-order valence-corrected chi connectivity index (χ4v) is 3.64. The fourth-order valence-electron chi connectivity index (χ4n) is 3.64. The number of carbonyl (C=O) groups excluding carboxylic acids is 1. The highest BCUT2D eigenvalue weighted by molar-refractivity contribution is 5.94. The van der Waals surface area contributed by atoms with Gasteiger partial charge in [-0.05, 0) is 37.0 Å². The molecule has 1 fully saturated rings. The van der Waals surface area contributed by atoms with Crippen LogP contribution in [0.1, 0.15) is 29.0 Å². The molecule has 3 heterocycles. The van der Waals surface area contributed by atoms with E-state index in [0.717, 1.165) is 43.9 Å². The minimum atomic E-state index is 0.0339. The van der Waals surface area contributed by atoms with E-state index in [1.54, 1.807) is 31.8 Å². The Morgan fingerprint density at radius 1 is 1.18 bits per heavy atom. The highest BCUT2D eigenvalue weighted by Gasteiger charge is 2.25. The van der Waals surface area contributed by atoms with Crippen molar-refractivity contribution in [2.75, 3.05) is 20.2 Å². The molecule has 0 N–H and O–H groups in total. The summed E-state index contributed by atoms with van der Waals surface area (Å²) in [6.45, 7) is 1.49. The summed E-state index contributed by atoms with van der Waals surface area (Å²) >= 11 is 0. The first-order valence-electron chi connectivity index (χ1n) is 9.48. The molecule has 7 nitrogen and oxygen atoms in total. The van der Waals surface area contributed by atoms with Crippen molar-refractivity contribution < 1.29 is 9.53 Å². The van der Waals surface area contributed by atoms with Crippen LogP contribution in [0.3, 0.4) is 0 Å². The molecule has 1 aromatic carbocycles. The van der Waals surface area contributed by atoms with E-state index < -0.39 is 0 Å². The zero-order chi connectivity index (χ0) is 19.3. The van der Waals surface area contributed by atoms with Gasteiger partial charge in [-0.25, -0.2) is 4.98 Å². The molecule has 0 saturated carbocycles. The van der Waals surface area contributed by atoms with E-state index >= 15 is 0 Å². The molecule has 1 saturated heterocycles. The van der Waals surface area contributed by atoms with Crippen LogP contribution in [-0.4, -0.2) is 50.8 Å². The molecular weight excluding hydrogens is 354 g/mol. The molecule has 3 aromatic rings. The maximum Gasteiger partial charge on any atom is 0.254 e. The molecule has 1 aliphatic heterocycles. The summed E-state index contributed by atoms with van der Waals surface area (Å²) in [6.07, 6.45) is 6.14. The topological polar surface area (TPSA) is 73.1 Å². The number of hydrogen-bond acceptors (Lipinski definition) is 5. The van der Waals surface area contributed by atoms with Crippen molar-refractivity contribution in [3.8, 4) is 11.6 Å². The molecule has 1 aliphatic rings. The van der Waals surface area contributed by atoms with Crippen LogP contribution in [0.5, 0.6) is 5.88 Å². The molecule has 144 valence electrons. The van der Waals surface area contributed by atoms with Crippen LogP contribution in [0.4, 0.5) is 0 Å². The minimum Gasteiger partial charge on any atom is -0.481 e. The number of rotatable bonds is 5. The first-order valence-corrected chi connectivity index (χ1v) is 9.48. The molecule has 2 aromatic heterocycles. The molecule has 0 spiro atoms. The summed E-state index contributed by atoms with van der Waals surface area (Å²) < 4.78 is 7.16. The van der Waals surface area contributed by atoms with Gasteiger partial charge in [0, 0.05) is 43.0 Å². The Bertz CT molecular complexity index is 933. The third-order valence-corrected chi connectivity index (χ3v) is 5.22. The number of nitrogens with zero attached hydrogens (tertiary/aromatic N) is 5. The SMILES string of the molecule is COc1cc(C(=O)N2CCC(Cc3nncn3-c3ccccc3)CC2)ccn1. The highest BCUT2D eigenvalue weighted by Crippen LogP contribution is 2.23. The number of amides is 1. The molecule has 0 radical (unpaired) electrons. The van der Waals surface area contributed by atoms with Gasteiger partial charge in [0.05, 0.1) is 7.11 Å². The number of aromatic nitrogens is 4. The van der Waals surface area contributed by atoms with Crippen molar-refractivity contribution in [3.63, 3.8) is 0 Å². The van der Waals surface area contributed by atoms with Gasteiger partial charge in [0.1, 0.15) is 12.2 Å². The number of benzene rings is 1. The van der Waals surface area contributed by atoms with Gasteiger partial charge in [-0.1, -0.05) is 18.2 Å². The Kier molecular flexibility index (Phi) is 5.32. The zero-order valence-electron chi connectivity index (χ0n) is 15.9. The van der Waals surface area contributed by atoms with Crippen molar-refractivity contribution in [1.82, 2.24) is 24.6 Å². The van der Waals surface area contributed by atoms with E-state index in [1.165, 1.54) is 0 Å². The first kappa shape index (κ1) is 18.2. The number of methoxy groups -OCH3 is 1. The number of piperidine rings is 1. The van der Waals surface area contributed by atoms with Crippen LogP contribution >= 0.6 is 0 Å². The number of carbonyl (C=O) groups is 1. The molecule has 1 amide bonds. The lowest BCUT2D eigenvalue weighted by atomic mass is 9.93. The Morgan fingerprint density at radius 3 is 2.71 bits per heavy atom. The van der Waals surface area contributed by atoms with Gasteiger partial charge in [-0.2, -0.15) is 0 Å². The summed E-state index contributed by atoms with van der Waals surface area (Å²) in [6, 6.07) is 13.6. The minimum absolute atomic E-state index is 0.0339. The zero-order valence-corrected chi connectivity index (χ0v) is 15.9. The van der Waals surface area contributed by atoms with Crippen LogP contribution in [0.2, 0.25) is 0 Å². The van der Waals surface area contributed by atoms with E-state index in [2.05, 4.69) is 27.3 Å². The van der Waals surface area contributed by atoms with Gasteiger partial charge >= 0.3 is 0 Å². The molecule has 0 bridgehead atoms. The van der Waals surface area contributed by atoms with Crippen molar-refractivity contribution >= 4 is 5.91 Å². The van der Waals surface area contributed by atoms with Gasteiger partial charge in [0.25, 0.3) is 5.91 Å². The van der Waals surface area contributed by atoms with Crippen LogP contribution in [-0.2, 0) is 6.42 Å². The van der Waals surface area contributed by atoms with Crippen LogP contribution in [0.15, 0.2) is 55.0 Å². The maximum absolute atomic E-state index is 12.7. The number of hydrogen-bond donors (Lipinski definition) is 0. The van der Waals surface area contributed by atoms with Crippen molar-refractivity contribution in [2.45, 2.75) is 19.3 Å². The van der Waals surface area contributed by atoms with E-state index in [-0.39, 0.29) is 5.91 Å². The normalized spacial score (nSPS) is 14.8. The quantitative estimate of drug-likeness (QED) is 0.684. The lowest BCUT2D eigenvalue weighted by Gasteiger charge is -2.32. The Hall–Kier alpha value is -3.22. The summed E-state index contributed by atoms with van der Waals surface area (Å²) in [5.41, 5.74) is 1.69. The molecule has 4 rings (SSSR count). The lowest BCUT2D eigenvalue weighted by Crippen LogP contribution is -2.39. The second kappa shape index (κ2) is 8.21. The van der Waals surface area contributed by atoms with Gasteiger partial charge in [-0.15, -0.1) is 10.2 Å². The Balaban J connectivity index is 1.37. The van der Waals surface area contributed by atoms with Crippen LogP contribution < -0.4 is 4.74 Å². The second-order valence-corrected chi connectivity index (χ2v) is 6.98. The van der Waals surface area contributed by atoms with Crippen LogP contribution in [0, 0.1) is 5.92 Å². The van der Waals surface area contributed by atoms with Gasteiger partial charge in [0.15, 0.2) is 0 Å². The molecule has 0 unspecified atom stereocenters. The maximum atomic E-state index is 12.7. The Labute approximate surface area is 164 Å².